The van der Waals surface area contributed by atoms with Crippen LogP contribution in [0.4, 0.5) is 0 Å². The smallest absolute Gasteiger partial charge is 0.0586 e. The summed E-state index contributed by atoms with van der Waals surface area (Å²) in [6, 6.07) is 0.388. The van der Waals surface area contributed by atoms with Crippen LogP contribution in [0, 0.1) is 5.92 Å². The van der Waals surface area contributed by atoms with Crippen LogP contribution < -0.4 is 0 Å². The molecule has 13 heavy (non-hydrogen) atoms. The molecule has 1 fully saturated rings. The van der Waals surface area contributed by atoms with E-state index in [-0.39, 0.29) is 0 Å². The SMILES string of the molecule is CC(CCl)CN1CCCCC1CO. The van der Waals surface area contributed by atoms with Gasteiger partial charge in [0.15, 0.2) is 0 Å². The fourth-order valence-electron chi connectivity index (χ4n) is 1.96. The Morgan fingerprint density at radius 1 is 1.54 bits per heavy atom. The number of halogens is 1. The van der Waals surface area contributed by atoms with Gasteiger partial charge >= 0.3 is 0 Å². The summed E-state index contributed by atoms with van der Waals surface area (Å²) in [5.41, 5.74) is 0. The maximum atomic E-state index is 9.17. The Kier molecular flexibility index (Phi) is 5.07. The van der Waals surface area contributed by atoms with Crippen LogP contribution in [0.15, 0.2) is 0 Å². The molecule has 0 amide bonds. The first-order chi connectivity index (χ1) is 6.27. The van der Waals surface area contributed by atoms with E-state index < -0.39 is 0 Å². The molecule has 1 aliphatic rings. The normalized spacial score (nSPS) is 27.5. The Balaban J connectivity index is 2.35. The van der Waals surface area contributed by atoms with Crippen LogP contribution in [0.2, 0.25) is 0 Å². The third kappa shape index (κ3) is 3.45. The summed E-state index contributed by atoms with van der Waals surface area (Å²) in [4.78, 5) is 2.39. The Bertz CT molecular complexity index is 143. The predicted octanol–water partition coefficient (Wildman–Crippen LogP) is 1.71. The molecule has 0 aromatic rings. The van der Waals surface area contributed by atoms with Crippen molar-refractivity contribution in [2.45, 2.75) is 32.2 Å². The number of likely N-dealkylation sites (tertiary alicyclic amines) is 1. The number of hydrogen-bond donors (Lipinski definition) is 1. The highest BCUT2D eigenvalue weighted by molar-refractivity contribution is 6.18. The van der Waals surface area contributed by atoms with E-state index in [0.29, 0.717) is 24.4 Å². The molecule has 1 aliphatic heterocycles. The fourth-order valence-corrected chi connectivity index (χ4v) is 2.05. The van der Waals surface area contributed by atoms with Crippen LogP contribution in [-0.4, -0.2) is 41.6 Å². The predicted molar refractivity (Wildman–Crippen MR) is 56.2 cm³/mol. The first-order valence-corrected chi connectivity index (χ1v) is 5.72. The minimum absolute atomic E-state index is 0.301. The molecule has 3 heteroatoms. The summed E-state index contributed by atoms with van der Waals surface area (Å²) in [7, 11) is 0. The molecule has 1 rings (SSSR count). The van der Waals surface area contributed by atoms with Crippen molar-refractivity contribution in [3.63, 3.8) is 0 Å². The van der Waals surface area contributed by atoms with Crippen LogP contribution in [-0.2, 0) is 0 Å². The average molecular weight is 206 g/mol. The zero-order valence-corrected chi connectivity index (χ0v) is 9.13. The van der Waals surface area contributed by atoms with Gasteiger partial charge in [0.1, 0.15) is 0 Å². The standard InChI is InChI=1S/C10H20ClNO/c1-9(6-11)7-12-5-3-2-4-10(12)8-13/h9-10,13H,2-8H2,1H3. The second-order valence-corrected chi connectivity index (χ2v) is 4.40. The molecule has 0 aromatic carbocycles. The van der Waals surface area contributed by atoms with Gasteiger partial charge in [-0.05, 0) is 25.3 Å². The molecule has 2 atom stereocenters. The van der Waals surface area contributed by atoms with Crippen molar-refractivity contribution in [2.24, 2.45) is 5.92 Å². The first-order valence-electron chi connectivity index (χ1n) is 5.18. The summed E-state index contributed by atoms with van der Waals surface area (Å²) in [6.45, 7) is 4.63. The monoisotopic (exact) mass is 205 g/mol. The van der Waals surface area contributed by atoms with Gasteiger partial charge in [0, 0.05) is 18.5 Å². The Morgan fingerprint density at radius 3 is 2.92 bits per heavy atom. The van der Waals surface area contributed by atoms with Crippen molar-refractivity contribution in [1.29, 1.82) is 0 Å². The van der Waals surface area contributed by atoms with Crippen LogP contribution in [0.25, 0.3) is 0 Å². The lowest BCUT2D eigenvalue weighted by Gasteiger charge is -2.35. The van der Waals surface area contributed by atoms with E-state index in [1.165, 1.54) is 12.8 Å². The number of aliphatic hydroxyl groups excluding tert-OH is 1. The third-order valence-corrected chi connectivity index (χ3v) is 3.30. The molecule has 2 nitrogen and oxygen atoms in total. The van der Waals surface area contributed by atoms with E-state index in [2.05, 4.69) is 11.8 Å². The lowest BCUT2D eigenvalue weighted by Crippen LogP contribution is -2.44. The molecule has 0 bridgehead atoms. The molecule has 0 radical (unpaired) electrons. The molecule has 1 N–H and O–H groups in total. The van der Waals surface area contributed by atoms with Crippen molar-refractivity contribution >= 4 is 11.6 Å². The zero-order valence-electron chi connectivity index (χ0n) is 8.38. The van der Waals surface area contributed by atoms with Gasteiger partial charge in [-0.3, -0.25) is 4.90 Å². The van der Waals surface area contributed by atoms with Crippen molar-refractivity contribution in [3.05, 3.63) is 0 Å². The summed E-state index contributed by atoms with van der Waals surface area (Å²) in [5.74, 6) is 1.25. The number of nitrogens with zero attached hydrogens (tertiary/aromatic N) is 1. The maximum absolute atomic E-state index is 9.17. The van der Waals surface area contributed by atoms with Gasteiger partial charge in [-0.2, -0.15) is 0 Å². The van der Waals surface area contributed by atoms with Gasteiger partial charge < -0.3 is 5.11 Å². The molecule has 0 saturated carbocycles. The Hall–Kier alpha value is 0.210. The molecule has 78 valence electrons. The van der Waals surface area contributed by atoms with Gasteiger partial charge in [0.05, 0.1) is 6.61 Å². The quantitative estimate of drug-likeness (QED) is 0.707. The van der Waals surface area contributed by atoms with Crippen LogP contribution >= 0.6 is 11.6 Å². The van der Waals surface area contributed by atoms with E-state index in [4.69, 9.17) is 11.6 Å². The number of hydrogen-bond acceptors (Lipinski definition) is 2. The molecular weight excluding hydrogens is 186 g/mol. The third-order valence-electron chi connectivity index (χ3n) is 2.77. The first kappa shape index (κ1) is 11.3. The highest BCUT2D eigenvalue weighted by Gasteiger charge is 2.22. The molecule has 1 heterocycles. The van der Waals surface area contributed by atoms with Crippen LogP contribution in [0.5, 0.6) is 0 Å². The minimum Gasteiger partial charge on any atom is -0.395 e. The lowest BCUT2D eigenvalue weighted by atomic mass is 10.0. The topological polar surface area (TPSA) is 23.5 Å². The van der Waals surface area contributed by atoms with Crippen LogP contribution in [0.3, 0.4) is 0 Å². The van der Waals surface area contributed by atoms with Gasteiger partial charge in [-0.1, -0.05) is 13.3 Å². The highest BCUT2D eigenvalue weighted by Crippen LogP contribution is 2.18. The second kappa shape index (κ2) is 5.84. The summed E-state index contributed by atoms with van der Waals surface area (Å²) in [6.07, 6.45) is 3.67. The maximum Gasteiger partial charge on any atom is 0.0586 e. The van der Waals surface area contributed by atoms with Crippen molar-refractivity contribution in [1.82, 2.24) is 4.90 Å². The van der Waals surface area contributed by atoms with Gasteiger partial charge in [0.2, 0.25) is 0 Å². The number of aliphatic hydroxyl groups is 1. The van der Waals surface area contributed by atoms with E-state index in [9.17, 15) is 5.11 Å². The van der Waals surface area contributed by atoms with E-state index in [1.54, 1.807) is 0 Å². The van der Waals surface area contributed by atoms with Crippen molar-refractivity contribution < 1.29 is 5.11 Å². The Labute approximate surface area is 85.9 Å². The number of piperidine rings is 1. The van der Waals surface area contributed by atoms with Crippen LogP contribution in [0.1, 0.15) is 26.2 Å². The number of alkyl halides is 1. The molecule has 0 spiro atoms. The second-order valence-electron chi connectivity index (χ2n) is 4.09. The van der Waals surface area contributed by atoms with Gasteiger partial charge in [-0.15, -0.1) is 11.6 Å². The molecular formula is C10H20ClNO. The van der Waals surface area contributed by atoms with Gasteiger partial charge in [-0.25, -0.2) is 0 Å². The lowest BCUT2D eigenvalue weighted by molar-refractivity contribution is 0.0807. The molecule has 2 unspecified atom stereocenters. The highest BCUT2D eigenvalue weighted by atomic mass is 35.5. The largest absolute Gasteiger partial charge is 0.395 e. The van der Waals surface area contributed by atoms with E-state index in [1.807, 2.05) is 0 Å². The fraction of sp³-hybridized carbons (Fsp3) is 1.00. The molecule has 0 aromatic heterocycles. The van der Waals surface area contributed by atoms with E-state index >= 15 is 0 Å². The summed E-state index contributed by atoms with van der Waals surface area (Å²) in [5, 5.41) is 9.17. The van der Waals surface area contributed by atoms with E-state index in [0.717, 1.165) is 19.5 Å². The Morgan fingerprint density at radius 2 is 2.31 bits per heavy atom. The van der Waals surface area contributed by atoms with Crippen molar-refractivity contribution in [3.8, 4) is 0 Å². The molecule has 1 saturated heterocycles. The summed E-state index contributed by atoms with van der Waals surface area (Å²) < 4.78 is 0. The summed E-state index contributed by atoms with van der Waals surface area (Å²) >= 11 is 5.77. The zero-order chi connectivity index (χ0) is 9.68. The minimum atomic E-state index is 0.301. The van der Waals surface area contributed by atoms with Crippen molar-refractivity contribution in [2.75, 3.05) is 25.6 Å². The molecule has 0 aliphatic carbocycles. The van der Waals surface area contributed by atoms with Gasteiger partial charge in [0.25, 0.3) is 0 Å². The average Bonchev–Trinajstić information content (AvgIpc) is 2.18. The number of rotatable bonds is 4.